The molecule has 96 valence electrons. The molecule has 17 heavy (non-hydrogen) atoms. The minimum atomic E-state index is 0.996. The Labute approximate surface area is 106 Å². The summed E-state index contributed by atoms with van der Waals surface area (Å²) in [5.41, 5.74) is 0. The maximum absolute atomic E-state index is 4.24. The van der Waals surface area contributed by atoms with Crippen LogP contribution in [0.2, 0.25) is 0 Å². The van der Waals surface area contributed by atoms with Crippen molar-refractivity contribution in [3.05, 3.63) is 24.4 Å². The Hall–Kier alpha value is -1.05. The van der Waals surface area contributed by atoms with Crippen molar-refractivity contribution in [3.8, 4) is 0 Å². The zero-order valence-electron chi connectivity index (χ0n) is 11.1. The monoisotopic (exact) mass is 234 g/mol. The molecule has 1 aromatic heterocycles. The van der Waals surface area contributed by atoms with Crippen molar-refractivity contribution in [3.63, 3.8) is 0 Å². The second kappa shape index (κ2) is 10.1. The third-order valence-corrected chi connectivity index (χ3v) is 3.00. The van der Waals surface area contributed by atoms with Crippen LogP contribution >= 0.6 is 0 Å². The predicted molar refractivity (Wildman–Crippen MR) is 75.3 cm³/mol. The highest BCUT2D eigenvalue weighted by Gasteiger charge is 1.93. The van der Waals surface area contributed by atoms with Gasteiger partial charge in [-0.25, -0.2) is 4.98 Å². The molecule has 0 spiro atoms. The van der Waals surface area contributed by atoms with Crippen molar-refractivity contribution in [1.29, 1.82) is 0 Å². The largest absolute Gasteiger partial charge is 0.370 e. The van der Waals surface area contributed by atoms with E-state index in [0.29, 0.717) is 0 Å². The van der Waals surface area contributed by atoms with E-state index in [0.717, 1.165) is 12.4 Å². The molecule has 0 aliphatic carbocycles. The minimum Gasteiger partial charge on any atom is -0.370 e. The Morgan fingerprint density at radius 1 is 0.941 bits per heavy atom. The van der Waals surface area contributed by atoms with E-state index in [1.165, 1.54) is 51.4 Å². The lowest BCUT2D eigenvalue weighted by Crippen LogP contribution is -2.02. The molecule has 0 bridgehead atoms. The highest BCUT2D eigenvalue weighted by atomic mass is 15.0. The van der Waals surface area contributed by atoms with Crippen LogP contribution in [0.1, 0.15) is 58.3 Å². The van der Waals surface area contributed by atoms with Crippen LogP contribution in [0.15, 0.2) is 24.4 Å². The number of aromatic nitrogens is 1. The van der Waals surface area contributed by atoms with E-state index in [1.54, 1.807) is 0 Å². The van der Waals surface area contributed by atoms with Gasteiger partial charge in [-0.1, -0.05) is 57.9 Å². The van der Waals surface area contributed by atoms with E-state index in [1.807, 2.05) is 24.4 Å². The summed E-state index contributed by atoms with van der Waals surface area (Å²) in [5, 5.41) is 3.34. The molecule has 1 aromatic rings. The molecule has 0 unspecified atom stereocenters. The number of unbranched alkanes of at least 4 members (excludes halogenated alkanes) is 7. The van der Waals surface area contributed by atoms with E-state index < -0.39 is 0 Å². The van der Waals surface area contributed by atoms with Gasteiger partial charge in [-0.05, 0) is 18.6 Å². The third-order valence-electron chi connectivity index (χ3n) is 3.00. The van der Waals surface area contributed by atoms with E-state index in [-0.39, 0.29) is 0 Å². The summed E-state index contributed by atoms with van der Waals surface area (Å²) >= 11 is 0. The van der Waals surface area contributed by atoms with Crippen molar-refractivity contribution < 1.29 is 0 Å². The molecular formula is C15H26N2. The van der Waals surface area contributed by atoms with Crippen molar-refractivity contribution in [1.82, 2.24) is 4.98 Å². The minimum absolute atomic E-state index is 0.996. The molecule has 0 amide bonds. The van der Waals surface area contributed by atoms with Crippen molar-refractivity contribution in [2.24, 2.45) is 0 Å². The fourth-order valence-corrected chi connectivity index (χ4v) is 1.94. The van der Waals surface area contributed by atoms with E-state index in [4.69, 9.17) is 0 Å². The summed E-state index contributed by atoms with van der Waals surface area (Å²) in [6.45, 7) is 3.31. The SMILES string of the molecule is CCCCCCCCCCNc1ccccn1. The Kier molecular flexibility index (Phi) is 8.35. The molecule has 1 rings (SSSR count). The molecule has 1 heterocycles. The second-order valence-electron chi connectivity index (χ2n) is 4.62. The topological polar surface area (TPSA) is 24.9 Å². The predicted octanol–water partition coefficient (Wildman–Crippen LogP) is 4.63. The first-order valence-corrected chi connectivity index (χ1v) is 7.08. The van der Waals surface area contributed by atoms with Gasteiger partial charge in [0.25, 0.3) is 0 Å². The first-order chi connectivity index (χ1) is 8.43. The quantitative estimate of drug-likeness (QED) is 0.597. The van der Waals surface area contributed by atoms with Crippen LogP contribution in [-0.4, -0.2) is 11.5 Å². The Balaban J connectivity index is 1.85. The smallest absolute Gasteiger partial charge is 0.125 e. The zero-order chi connectivity index (χ0) is 12.2. The summed E-state index contributed by atoms with van der Waals surface area (Å²) in [7, 11) is 0. The molecule has 2 heteroatoms. The number of pyridine rings is 1. The number of nitrogens with one attached hydrogen (secondary N) is 1. The lowest BCUT2D eigenvalue weighted by atomic mass is 10.1. The summed E-state index contributed by atoms with van der Waals surface area (Å²) in [4.78, 5) is 4.24. The summed E-state index contributed by atoms with van der Waals surface area (Å²) in [6, 6.07) is 5.98. The van der Waals surface area contributed by atoms with Crippen molar-refractivity contribution in [2.75, 3.05) is 11.9 Å². The lowest BCUT2D eigenvalue weighted by Gasteiger charge is -2.04. The van der Waals surface area contributed by atoms with Crippen LogP contribution in [0.4, 0.5) is 5.82 Å². The normalized spacial score (nSPS) is 10.4. The highest BCUT2D eigenvalue weighted by Crippen LogP contribution is 2.08. The average molecular weight is 234 g/mol. The maximum atomic E-state index is 4.24. The number of anilines is 1. The summed E-state index contributed by atoms with van der Waals surface area (Å²) < 4.78 is 0. The fraction of sp³-hybridized carbons (Fsp3) is 0.667. The fourth-order valence-electron chi connectivity index (χ4n) is 1.94. The van der Waals surface area contributed by atoms with Crippen molar-refractivity contribution in [2.45, 2.75) is 58.3 Å². The van der Waals surface area contributed by atoms with E-state index in [2.05, 4.69) is 17.2 Å². The molecule has 0 radical (unpaired) electrons. The van der Waals surface area contributed by atoms with Gasteiger partial charge in [-0.3, -0.25) is 0 Å². The first kappa shape index (κ1) is 14.0. The number of hydrogen-bond donors (Lipinski definition) is 1. The molecule has 1 N–H and O–H groups in total. The third kappa shape index (κ3) is 7.78. The maximum Gasteiger partial charge on any atom is 0.125 e. The van der Waals surface area contributed by atoms with Crippen LogP contribution in [-0.2, 0) is 0 Å². The van der Waals surface area contributed by atoms with E-state index in [9.17, 15) is 0 Å². The van der Waals surface area contributed by atoms with Gasteiger partial charge in [-0.15, -0.1) is 0 Å². The molecule has 0 aromatic carbocycles. The van der Waals surface area contributed by atoms with Crippen LogP contribution < -0.4 is 5.32 Å². The molecule has 0 aliphatic rings. The van der Waals surface area contributed by atoms with Gasteiger partial charge >= 0.3 is 0 Å². The van der Waals surface area contributed by atoms with Gasteiger partial charge in [0.2, 0.25) is 0 Å². The van der Waals surface area contributed by atoms with Crippen molar-refractivity contribution >= 4 is 5.82 Å². The second-order valence-corrected chi connectivity index (χ2v) is 4.62. The number of nitrogens with zero attached hydrogens (tertiary/aromatic N) is 1. The van der Waals surface area contributed by atoms with Gasteiger partial charge < -0.3 is 5.32 Å². The molecule has 0 saturated carbocycles. The Bertz CT molecular complexity index is 259. The molecular weight excluding hydrogens is 208 g/mol. The zero-order valence-corrected chi connectivity index (χ0v) is 11.1. The van der Waals surface area contributed by atoms with Crippen LogP contribution in [0.3, 0.4) is 0 Å². The number of rotatable bonds is 10. The molecule has 2 nitrogen and oxygen atoms in total. The Morgan fingerprint density at radius 2 is 1.65 bits per heavy atom. The van der Waals surface area contributed by atoms with Gasteiger partial charge in [0, 0.05) is 12.7 Å². The van der Waals surface area contributed by atoms with Crippen LogP contribution in [0, 0.1) is 0 Å². The van der Waals surface area contributed by atoms with E-state index >= 15 is 0 Å². The van der Waals surface area contributed by atoms with Crippen LogP contribution in [0.5, 0.6) is 0 Å². The van der Waals surface area contributed by atoms with Gasteiger partial charge in [0.05, 0.1) is 0 Å². The number of hydrogen-bond acceptors (Lipinski definition) is 2. The standard InChI is InChI=1S/C15H26N2/c1-2-3-4-5-6-7-8-10-13-16-15-12-9-11-14-17-15/h9,11-12,14H,2-8,10,13H2,1H3,(H,16,17). The molecule has 0 atom stereocenters. The highest BCUT2D eigenvalue weighted by molar-refractivity contribution is 5.32. The van der Waals surface area contributed by atoms with Gasteiger partial charge in [-0.2, -0.15) is 0 Å². The van der Waals surface area contributed by atoms with Gasteiger partial charge in [0.15, 0.2) is 0 Å². The average Bonchev–Trinajstić information content (AvgIpc) is 2.38. The lowest BCUT2D eigenvalue weighted by molar-refractivity contribution is 0.581. The summed E-state index contributed by atoms with van der Waals surface area (Å²) in [5.74, 6) is 0.996. The van der Waals surface area contributed by atoms with Gasteiger partial charge in [0.1, 0.15) is 5.82 Å². The summed E-state index contributed by atoms with van der Waals surface area (Å²) in [6.07, 6.45) is 12.8. The Morgan fingerprint density at radius 3 is 2.29 bits per heavy atom. The first-order valence-electron chi connectivity index (χ1n) is 7.08. The van der Waals surface area contributed by atoms with Crippen LogP contribution in [0.25, 0.3) is 0 Å². The molecule has 0 saturated heterocycles. The molecule has 0 fully saturated rings. The molecule has 0 aliphatic heterocycles.